The van der Waals surface area contributed by atoms with Gasteiger partial charge in [0.05, 0.1) is 11.0 Å². The summed E-state index contributed by atoms with van der Waals surface area (Å²) in [6, 6.07) is 14.7. The molecule has 0 spiro atoms. The van der Waals surface area contributed by atoms with Crippen molar-refractivity contribution in [1.29, 1.82) is 0 Å². The fraction of sp³-hybridized carbons (Fsp3) is 0.0667. The highest BCUT2D eigenvalue weighted by Crippen LogP contribution is 2.21. The van der Waals surface area contributed by atoms with Gasteiger partial charge in [-0.25, -0.2) is 9.59 Å². The Bertz CT molecular complexity index is 818. The summed E-state index contributed by atoms with van der Waals surface area (Å²) in [6.07, 6.45) is 0. The number of aromatic nitrogens is 2. The smallest absolute Gasteiger partial charge is 0.331 e. The van der Waals surface area contributed by atoms with Crippen molar-refractivity contribution in [3.05, 3.63) is 70.6 Å². The van der Waals surface area contributed by atoms with Crippen LogP contribution in [-0.4, -0.2) is 20.6 Å². The molecule has 1 heterocycles. The number of benzene rings is 2. The Labute approximate surface area is 114 Å². The number of nitrogens with one attached hydrogen (secondary N) is 1. The molecule has 0 aliphatic heterocycles. The Kier molecular flexibility index (Phi) is 2.87. The summed E-state index contributed by atoms with van der Waals surface area (Å²) in [7, 11) is 0. The lowest BCUT2D eigenvalue weighted by Gasteiger charge is -2.14. The number of carbonyl (C=O) groups is 1. The third kappa shape index (κ3) is 1.89. The van der Waals surface area contributed by atoms with Gasteiger partial charge in [-0.1, -0.05) is 42.5 Å². The predicted molar refractivity (Wildman–Crippen MR) is 74.8 cm³/mol. The minimum absolute atomic E-state index is 0.428. The van der Waals surface area contributed by atoms with Crippen LogP contribution in [0, 0.1) is 0 Å². The lowest BCUT2D eigenvalue weighted by atomic mass is 10.1. The number of H-pyrrole nitrogens is 1. The van der Waals surface area contributed by atoms with Gasteiger partial charge in [-0.05, 0) is 17.7 Å². The summed E-state index contributed by atoms with van der Waals surface area (Å²) in [6.45, 7) is 0. The standard InChI is InChI=1S/C15H12N2O3/c18-14(19)13(10-6-2-1-3-7-10)17-12-9-5-4-8-11(12)16-15(17)20/h1-9,13H,(H,16,20)(H,18,19). The highest BCUT2D eigenvalue weighted by Gasteiger charge is 2.25. The minimum Gasteiger partial charge on any atom is -0.479 e. The summed E-state index contributed by atoms with van der Waals surface area (Å²) in [5.41, 5.74) is 1.34. The molecule has 1 unspecified atom stereocenters. The van der Waals surface area contributed by atoms with E-state index in [4.69, 9.17) is 0 Å². The van der Waals surface area contributed by atoms with Gasteiger partial charge in [-0.2, -0.15) is 0 Å². The molecule has 5 heteroatoms. The van der Waals surface area contributed by atoms with E-state index in [-0.39, 0.29) is 0 Å². The zero-order valence-electron chi connectivity index (χ0n) is 10.5. The van der Waals surface area contributed by atoms with Crippen molar-refractivity contribution in [3.63, 3.8) is 0 Å². The van der Waals surface area contributed by atoms with E-state index in [0.29, 0.717) is 16.6 Å². The van der Waals surface area contributed by atoms with Crippen LogP contribution in [0.2, 0.25) is 0 Å². The largest absolute Gasteiger partial charge is 0.479 e. The molecule has 0 bridgehead atoms. The van der Waals surface area contributed by atoms with Crippen LogP contribution in [0.1, 0.15) is 11.6 Å². The first-order chi connectivity index (χ1) is 9.68. The zero-order chi connectivity index (χ0) is 14.1. The average molecular weight is 268 g/mol. The molecule has 0 saturated heterocycles. The summed E-state index contributed by atoms with van der Waals surface area (Å²) in [4.78, 5) is 26.4. The highest BCUT2D eigenvalue weighted by molar-refractivity contribution is 5.81. The van der Waals surface area contributed by atoms with Gasteiger partial charge in [-0.15, -0.1) is 0 Å². The van der Waals surface area contributed by atoms with Crippen molar-refractivity contribution in [2.45, 2.75) is 6.04 Å². The van der Waals surface area contributed by atoms with E-state index in [1.165, 1.54) is 4.57 Å². The molecule has 0 saturated carbocycles. The van der Waals surface area contributed by atoms with Gasteiger partial charge in [0.15, 0.2) is 6.04 Å². The Hall–Kier alpha value is -2.82. The Morgan fingerprint density at radius 1 is 1.05 bits per heavy atom. The maximum Gasteiger partial charge on any atom is 0.331 e. The van der Waals surface area contributed by atoms with E-state index >= 15 is 0 Å². The molecule has 3 rings (SSSR count). The van der Waals surface area contributed by atoms with E-state index in [0.717, 1.165) is 0 Å². The first-order valence-electron chi connectivity index (χ1n) is 6.15. The Morgan fingerprint density at radius 3 is 2.40 bits per heavy atom. The molecule has 0 aliphatic rings. The normalized spacial score (nSPS) is 12.4. The second-order valence-electron chi connectivity index (χ2n) is 4.47. The number of hydrogen-bond donors (Lipinski definition) is 2. The number of aromatic amines is 1. The number of nitrogens with zero attached hydrogens (tertiary/aromatic N) is 1. The summed E-state index contributed by atoms with van der Waals surface area (Å²) >= 11 is 0. The molecule has 5 nitrogen and oxygen atoms in total. The van der Waals surface area contributed by atoms with Crippen LogP contribution in [-0.2, 0) is 4.79 Å². The second kappa shape index (κ2) is 4.70. The number of hydrogen-bond acceptors (Lipinski definition) is 2. The molecule has 2 aromatic carbocycles. The Morgan fingerprint density at radius 2 is 1.70 bits per heavy atom. The van der Waals surface area contributed by atoms with Crippen molar-refractivity contribution in [2.24, 2.45) is 0 Å². The summed E-state index contributed by atoms with van der Waals surface area (Å²) in [5.74, 6) is -1.07. The van der Waals surface area contributed by atoms with Gasteiger partial charge in [0.25, 0.3) is 0 Å². The summed E-state index contributed by atoms with van der Waals surface area (Å²) < 4.78 is 1.27. The first-order valence-corrected chi connectivity index (χ1v) is 6.15. The molecule has 0 aliphatic carbocycles. The third-order valence-corrected chi connectivity index (χ3v) is 3.23. The lowest BCUT2D eigenvalue weighted by Crippen LogP contribution is -2.28. The number of rotatable bonds is 3. The number of fused-ring (bicyclic) bond motifs is 1. The maximum atomic E-state index is 12.1. The van der Waals surface area contributed by atoms with Gasteiger partial charge >= 0.3 is 11.7 Å². The number of aliphatic carboxylic acids is 1. The van der Waals surface area contributed by atoms with E-state index in [9.17, 15) is 14.7 Å². The van der Waals surface area contributed by atoms with E-state index in [1.54, 1.807) is 54.6 Å². The van der Waals surface area contributed by atoms with Crippen LogP contribution in [0.5, 0.6) is 0 Å². The molecule has 100 valence electrons. The number of carboxylic acid groups (broad SMARTS) is 1. The van der Waals surface area contributed by atoms with E-state index < -0.39 is 17.7 Å². The van der Waals surface area contributed by atoms with Crippen molar-refractivity contribution in [3.8, 4) is 0 Å². The fourth-order valence-electron chi connectivity index (χ4n) is 2.37. The van der Waals surface area contributed by atoms with Crippen molar-refractivity contribution in [2.75, 3.05) is 0 Å². The van der Waals surface area contributed by atoms with Gasteiger partial charge in [0.1, 0.15) is 0 Å². The molecule has 0 amide bonds. The molecular weight excluding hydrogens is 256 g/mol. The van der Waals surface area contributed by atoms with Crippen LogP contribution in [0.4, 0.5) is 0 Å². The third-order valence-electron chi connectivity index (χ3n) is 3.23. The number of carboxylic acids is 1. The second-order valence-corrected chi connectivity index (χ2v) is 4.47. The van der Waals surface area contributed by atoms with Crippen molar-refractivity contribution >= 4 is 17.0 Å². The highest BCUT2D eigenvalue weighted by atomic mass is 16.4. The topological polar surface area (TPSA) is 75.1 Å². The van der Waals surface area contributed by atoms with Crippen LogP contribution in [0.15, 0.2) is 59.4 Å². The van der Waals surface area contributed by atoms with Crippen LogP contribution >= 0.6 is 0 Å². The minimum atomic E-state index is -1.07. The summed E-state index contributed by atoms with van der Waals surface area (Å²) in [5, 5.41) is 9.51. The zero-order valence-corrected chi connectivity index (χ0v) is 10.5. The molecular formula is C15H12N2O3. The SMILES string of the molecule is O=C(O)C(c1ccccc1)n1c(=O)[nH]c2ccccc21. The maximum absolute atomic E-state index is 12.1. The molecule has 20 heavy (non-hydrogen) atoms. The molecule has 0 fully saturated rings. The monoisotopic (exact) mass is 268 g/mol. The predicted octanol–water partition coefficient (Wildman–Crippen LogP) is 2.00. The van der Waals surface area contributed by atoms with Gasteiger partial charge in [-0.3, -0.25) is 4.57 Å². The van der Waals surface area contributed by atoms with Gasteiger partial charge < -0.3 is 10.1 Å². The quantitative estimate of drug-likeness (QED) is 0.763. The molecule has 2 N–H and O–H groups in total. The van der Waals surface area contributed by atoms with Gasteiger partial charge in [0, 0.05) is 0 Å². The number of para-hydroxylation sites is 2. The van der Waals surface area contributed by atoms with Crippen molar-refractivity contribution in [1.82, 2.24) is 9.55 Å². The fourth-order valence-corrected chi connectivity index (χ4v) is 2.37. The molecule has 1 atom stereocenters. The molecule has 0 radical (unpaired) electrons. The van der Waals surface area contributed by atoms with E-state index in [2.05, 4.69) is 4.98 Å². The number of imidazole rings is 1. The van der Waals surface area contributed by atoms with Crippen LogP contribution < -0.4 is 5.69 Å². The first kappa shape index (κ1) is 12.2. The molecule has 1 aromatic heterocycles. The Balaban J connectivity index is 2.28. The van der Waals surface area contributed by atoms with Crippen molar-refractivity contribution < 1.29 is 9.90 Å². The average Bonchev–Trinajstić information content (AvgIpc) is 2.77. The van der Waals surface area contributed by atoms with Crippen LogP contribution in [0.25, 0.3) is 11.0 Å². The van der Waals surface area contributed by atoms with Gasteiger partial charge in [0.2, 0.25) is 0 Å². The molecule has 3 aromatic rings. The lowest BCUT2D eigenvalue weighted by molar-refractivity contribution is -0.139. The van der Waals surface area contributed by atoms with Crippen LogP contribution in [0.3, 0.4) is 0 Å². The van der Waals surface area contributed by atoms with E-state index in [1.807, 2.05) is 0 Å².